The number of carbonyl (C=O) groups is 1. The van der Waals surface area contributed by atoms with Gasteiger partial charge in [0.25, 0.3) is 5.91 Å². The van der Waals surface area contributed by atoms with Gasteiger partial charge in [-0.05, 0) is 49.7 Å². The second-order valence-electron chi connectivity index (χ2n) is 4.56. The van der Waals surface area contributed by atoms with Crippen LogP contribution in [-0.4, -0.2) is 17.4 Å². The quantitative estimate of drug-likeness (QED) is 0.877. The van der Waals surface area contributed by atoms with Gasteiger partial charge >= 0.3 is 0 Å². The molecule has 0 fully saturated rings. The number of aryl methyl sites for hydroxylation is 1. The molecule has 0 bridgehead atoms. The fourth-order valence-electron chi connectivity index (χ4n) is 1.97. The molecule has 0 aliphatic heterocycles. The summed E-state index contributed by atoms with van der Waals surface area (Å²) in [4.78, 5) is 16.3. The standard InChI is InChI=1S/C16H19N3O/c1-3-17-15-8-7-13(10-12(15)2)16(20)19-11-14-6-4-5-9-18-14/h4-10,17H,3,11H2,1-2H3,(H,19,20). The monoisotopic (exact) mass is 269 g/mol. The van der Waals surface area contributed by atoms with Gasteiger partial charge in [0.1, 0.15) is 0 Å². The molecule has 1 aromatic carbocycles. The van der Waals surface area contributed by atoms with Crippen molar-refractivity contribution in [1.29, 1.82) is 0 Å². The average Bonchev–Trinajstić information content (AvgIpc) is 2.48. The van der Waals surface area contributed by atoms with Gasteiger partial charge < -0.3 is 10.6 Å². The minimum atomic E-state index is -0.0817. The maximum atomic E-state index is 12.1. The molecular weight excluding hydrogens is 250 g/mol. The van der Waals surface area contributed by atoms with Crippen LogP contribution in [0.25, 0.3) is 0 Å². The Morgan fingerprint density at radius 3 is 2.75 bits per heavy atom. The van der Waals surface area contributed by atoms with Crippen LogP contribution in [0.5, 0.6) is 0 Å². The summed E-state index contributed by atoms with van der Waals surface area (Å²) in [6.45, 7) is 5.35. The molecule has 0 atom stereocenters. The summed E-state index contributed by atoms with van der Waals surface area (Å²) in [5, 5.41) is 6.13. The lowest BCUT2D eigenvalue weighted by atomic mass is 10.1. The molecule has 0 aliphatic carbocycles. The fraction of sp³-hybridized carbons (Fsp3) is 0.250. The van der Waals surface area contributed by atoms with Crippen molar-refractivity contribution >= 4 is 11.6 Å². The number of aromatic nitrogens is 1. The normalized spacial score (nSPS) is 10.1. The molecule has 2 rings (SSSR count). The fourth-order valence-corrected chi connectivity index (χ4v) is 1.97. The van der Waals surface area contributed by atoms with E-state index in [4.69, 9.17) is 0 Å². The highest BCUT2D eigenvalue weighted by atomic mass is 16.1. The molecule has 0 aliphatic rings. The lowest BCUT2D eigenvalue weighted by molar-refractivity contribution is 0.0950. The van der Waals surface area contributed by atoms with Gasteiger partial charge in [-0.1, -0.05) is 6.07 Å². The molecule has 2 aromatic rings. The third kappa shape index (κ3) is 3.57. The van der Waals surface area contributed by atoms with E-state index in [1.165, 1.54) is 0 Å². The van der Waals surface area contributed by atoms with Crippen molar-refractivity contribution in [3.8, 4) is 0 Å². The molecule has 1 amide bonds. The maximum Gasteiger partial charge on any atom is 0.251 e. The predicted octanol–water partition coefficient (Wildman–Crippen LogP) is 2.75. The van der Waals surface area contributed by atoms with E-state index < -0.39 is 0 Å². The number of anilines is 1. The Bertz CT molecular complexity index is 582. The molecular formula is C16H19N3O. The van der Waals surface area contributed by atoms with Crippen LogP contribution in [0.1, 0.15) is 28.5 Å². The smallest absolute Gasteiger partial charge is 0.251 e. The van der Waals surface area contributed by atoms with Gasteiger partial charge in [0.05, 0.1) is 12.2 Å². The molecule has 2 N–H and O–H groups in total. The van der Waals surface area contributed by atoms with Gasteiger partial charge in [-0.2, -0.15) is 0 Å². The Morgan fingerprint density at radius 1 is 1.25 bits per heavy atom. The number of rotatable bonds is 5. The van der Waals surface area contributed by atoms with Crippen molar-refractivity contribution in [2.75, 3.05) is 11.9 Å². The second-order valence-corrected chi connectivity index (χ2v) is 4.56. The first-order valence-corrected chi connectivity index (χ1v) is 6.73. The Balaban J connectivity index is 2.00. The third-order valence-electron chi connectivity index (χ3n) is 3.01. The molecule has 20 heavy (non-hydrogen) atoms. The van der Waals surface area contributed by atoms with E-state index in [-0.39, 0.29) is 5.91 Å². The molecule has 0 saturated heterocycles. The van der Waals surface area contributed by atoms with E-state index in [0.29, 0.717) is 12.1 Å². The van der Waals surface area contributed by atoms with Crippen molar-refractivity contribution in [1.82, 2.24) is 10.3 Å². The highest BCUT2D eigenvalue weighted by Gasteiger charge is 2.07. The van der Waals surface area contributed by atoms with Crippen LogP contribution >= 0.6 is 0 Å². The van der Waals surface area contributed by atoms with E-state index >= 15 is 0 Å². The zero-order valence-electron chi connectivity index (χ0n) is 11.8. The molecule has 0 spiro atoms. The molecule has 0 saturated carbocycles. The van der Waals surface area contributed by atoms with Gasteiger partial charge in [-0.15, -0.1) is 0 Å². The summed E-state index contributed by atoms with van der Waals surface area (Å²) in [6.07, 6.45) is 1.72. The number of nitrogens with one attached hydrogen (secondary N) is 2. The van der Waals surface area contributed by atoms with Crippen molar-refractivity contribution in [3.05, 3.63) is 59.4 Å². The molecule has 0 radical (unpaired) electrons. The van der Waals surface area contributed by atoms with Gasteiger partial charge in [0, 0.05) is 24.0 Å². The molecule has 1 aromatic heterocycles. The van der Waals surface area contributed by atoms with Gasteiger partial charge in [-0.3, -0.25) is 9.78 Å². The summed E-state index contributed by atoms with van der Waals surface area (Å²) in [5.74, 6) is -0.0817. The van der Waals surface area contributed by atoms with E-state index in [1.807, 2.05) is 50.2 Å². The van der Waals surface area contributed by atoms with Crippen molar-refractivity contribution in [3.63, 3.8) is 0 Å². The number of hydrogen-bond acceptors (Lipinski definition) is 3. The van der Waals surface area contributed by atoms with E-state index in [2.05, 4.69) is 15.6 Å². The Labute approximate surface area is 119 Å². The van der Waals surface area contributed by atoms with Crippen LogP contribution < -0.4 is 10.6 Å². The molecule has 104 valence electrons. The largest absolute Gasteiger partial charge is 0.385 e. The first-order chi connectivity index (χ1) is 9.70. The minimum absolute atomic E-state index is 0.0817. The van der Waals surface area contributed by atoms with Crippen LogP contribution in [0.2, 0.25) is 0 Å². The highest BCUT2D eigenvalue weighted by molar-refractivity contribution is 5.94. The Hall–Kier alpha value is -2.36. The second kappa shape index (κ2) is 6.70. The van der Waals surface area contributed by atoms with Gasteiger partial charge in [-0.25, -0.2) is 0 Å². The van der Waals surface area contributed by atoms with Crippen molar-refractivity contribution in [2.24, 2.45) is 0 Å². The van der Waals surface area contributed by atoms with E-state index in [1.54, 1.807) is 6.20 Å². The van der Waals surface area contributed by atoms with Crippen LogP contribution in [0.3, 0.4) is 0 Å². The van der Waals surface area contributed by atoms with E-state index in [0.717, 1.165) is 23.5 Å². The SMILES string of the molecule is CCNc1ccc(C(=O)NCc2ccccn2)cc1C. The summed E-state index contributed by atoms with van der Waals surface area (Å²) < 4.78 is 0. The van der Waals surface area contributed by atoms with Gasteiger partial charge in [0.2, 0.25) is 0 Å². The van der Waals surface area contributed by atoms with Crippen LogP contribution in [0.4, 0.5) is 5.69 Å². The first-order valence-electron chi connectivity index (χ1n) is 6.73. The zero-order chi connectivity index (χ0) is 14.4. The minimum Gasteiger partial charge on any atom is -0.385 e. The number of carbonyl (C=O) groups excluding carboxylic acids is 1. The lowest BCUT2D eigenvalue weighted by Gasteiger charge is -2.10. The maximum absolute atomic E-state index is 12.1. The number of amides is 1. The Kier molecular flexibility index (Phi) is 4.71. The van der Waals surface area contributed by atoms with Crippen molar-refractivity contribution < 1.29 is 4.79 Å². The summed E-state index contributed by atoms with van der Waals surface area (Å²) >= 11 is 0. The molecule has 4 heteroatoms. The lowest BCUT2D eigenvalue weighted by Crippen LogP contribution is -2.23. The van der Waals surface area contributed by atoms with E-state index in [9.17, 15) is 4.79 Å². The predicted molar refractivity (Wildman–Crippen MR) is 80.7 cm³/mol. The molecule has 0 unspecified atom stereocenters. The zero-order valence-corrected chi connectivity index (χ0v) is 11.8. The first kappa shape index (κ1) is 14.1. The number of hydrogen-bond donors (Lipinski definition) is 2. The summed E-state index contributed by atoms with van der Waals surface area (Å²) in [7, 11) is 0. The summed E-state index contributed by atoms with van der Waals surface area (Å²) in [5.41, 5.74) is 3.65. The number of benzene rings is 1. The topological polar surface area (TPSA) is 54.0 Å². The van der Waals surface area contributed by atoms with Crippen LogP contribution in [-0.2, 0) is 6.54 Å². The summed E-state index contributed by atoms with van der Waals surface area (Å²) in [6, 6.07) is 11.3. The van der Waals surface area contributed by atoms with Crippen LogP contribution in [0, 0.1) is 6.92 Å². The Morgan fingerprint density at radius 2 is 2.10 bits per heavy atom. The number of pyridine rings is 1. The highest BCUT2D eigenvalue weighted by Crippen LogP contribution is 2.16. The van der Waals surface area contributed by atoms with Gasteiger partial charge in [0.15, 0.2) is 0 Å². The van der Waals surface area contributed by atoms with Crippen molar-refractivity contribution in [2.45, 2.75) is 20.4 Å². The number of nitrogens with zero attached hydrogens (tertiary/aromatic N) is 1. The molecule has 1 heterocycles. The molecule has 4 nitrogen and oxygen atoms in total. The third-order valence-corrected chi connectivity index (χ3v) is 3.01. The average molecular weight is 269 g/mol. The van der Waals surface area contributed by atoms with Crippen LogP contribution in [0.15, 0.2) is 42.6 Å².